The zero-order chi connectivity index (χ0) is 14.9. The van der Waals surface area contributed by atoms with Crippen LogP contribution in [-0.2, 0) is 11.0 Å². The maximum Gasteiger partial charge on any atom is 0.416 e. The summed E-state index contributed by atoms with van der Waals surface area (Å²) in [5.74, 6) is 0.367. The molecule has 0 atom stereocenters. The van der Waals surface area contributed by atoms with Crippen molar-refractivity contribution in [3.63, 3.8) is 0 Å². The maximum absolute atomic E-state index is 12.6. The Morgan fingerprint density at radius 1 is 1.40 bits per heavy atom. The van der Waals surface area contributed by atoms with E-state index in [1.54, 1.807) is 17.4 Å². The third-order valence-electron chi connectivity index (χ3n) is 2.90. The van der Waals surface area contributed by atoms with Crippen molar-refractivity contribution in [3.05, 3.63) is 40.4 Å². The summed E-state index contributed by atoms with van der Waals surface area (Å²) in [5.41, 5.74) is 0.251. The normalized spacial score (nSPS) is 15.2. The van der Waals surface area contributed by atoms with Gasteiger partial charge in [-0.15, -0.1) is 11.8 Å². The van der Waals surface area contributed by atoms with E-state index in [-0.39, 0.29) is 11.5 Å². The number of halogens is 3. The Hall–Kier alpha value is -1.63. The number of alkyl halides is 3. The number of amides is 1. The summed E-state index contributed by atoms with van der Waals surface area (Å²) in [6, 6.07) is 3.56. The molecule has 7 heteroatoms. The molecule has 0 saturated carbocycles. The molecule has 1 N–H and O–H groups in total. The van der Waals surface area contributed by atoms with E-state index in [0.717, 1.165) is 6.07 Å². The van der Waals surface area contributed by atoms with E-state index in [1.807, 2.05) is 0 Å². The van der Waals surface area contributed by atoms with Crippen LogP contribution in [0.2, 0.25) is 0 Å². The zero-order valence-corrected chi connectivity index (χ0v) is 11.7. The van der Waals surface area contributed by atoms with Crippen LogP contribution >= 0.6 is 11.8 Å². The van der Waals surface area contributed by atoms with Gasteiger partial charge in [-0.3, -0.25) is 4.79 Å². The molecule has 20 heavy (non-hydrogen) atoms. The molecule has 0 aromatic heterocycles. The molecular weight excluding hydrogens is 289 g/mol. The molecule has 3 nitrogen and oxygen atoms in total. The highest BCUT2D eigenvalue weighted by atomic mass is 32.2. The third kappa shape index (κ3) is 3.09. The van der Waals surface area contributed by atoms with Crippen LogP contribution in [0.3, 0.4) is 0 Å². The van der Waals surface area contributed by atoms with Crippen LogP contribution in [0.1, 0.15) is 11.1 Å². The van der Waals surface area contributed by atoms with E-state index < -0.39 is 11.7 Å². The molecule has 0 aliphatic carbocycles. The summed E-state index contributed by atoms with van der Waals surface area (Å²) < 4.78 is 37.9. The summed E-state index contributed by atoms with van der Waals surface area (Å²) in [7, 11) is 1.78. The van der Waals surface area contributed by atoms with Gasteiger partial charge in [0.25, 0.3) is 5.91 Å². The predicted octanol–water partition coefficient (Wildman–Crippen LogP) is 3.43. The lowest BCUT2D eigenvalue weighted by Crippen LogP contribution is -2.24. The van der Waals surface area contributed by atoms with Gasteiger partial charge >= 0.3 is 6.18 Å². The third-order valence-corrected chi connectivity index (χ3v) is 3.82. The number of hydrogen-bond donors (Lipinski definition) is 1. The van der Waals surface area contributed by atoms with Gasteiger partial charge in [-0.05, 0) is 30.7 Å². The van der Waals surface area contributed by atoms with Gasteiger partial charge in [0.2, 0.25) is 0 Å². The minimum Gasteiger partial charge on any atom is -0.360 e. The van der Waals surface area contributed by atoms with Crippen molar-refractivity contribution in [2.24, 2.45) is 0 Å². The van der Waals surface area contributed by atoms with Crippen molar-refractivity contribution >= 4 is 23.4 Å². The number of rotatable bonds is 2. The van der Waals surface area contributed by atoms with Crippen LogP contribution in [0.25, 0.3) is 0 Å². The highest BCUT2D eigenvalue weighted by Crippen LogP contribution is 2.33. The number of thioether (sulfide) groups is 1. The molecule has 1 heterocycles. The van der Waals surface area contributed by atoms with Crippen LogP contribution < -0.4 is 5.32 Å². The first-order valence-corrected chi connectivity index (χ1v) is 6.86. The fourth-order valence-electron chi connectivity index (χ4n) is 1.87. The molecule has 1 amide bonds. The number of anilines is 1. The number of benzene rings is 1. The number of nitrogens with zero attached hydrogens (tertiary/aromatic N) is 1. The number of hydrogen-bond acceptors (Lipinski definition) is 3. The molecule has 0 saturated heterocycles. The van der Waals surface area contributed by atoms with Gasteiger partial charge in [-0.2, -0.15) is 13.2 Å². The first-order chi connectivity index (χ1) is 9.29. The zero-order valence-electron chi connectivity index (χ0n) is 10.9. The van der Waals surface area contributed by atoms with Gasteiger partial charge in [0.05, 0.1) is 11.4 Å². The van der Waals surface area contributed by atoms with Crippen LogP contribution in [0, 0.1) is 6.92 Å². The van der Waals surface area contributed by atoms with Gasteiger partial charge < -0.3 is 10.2 Å². The molecule has 1 aliphatic heterocycles. The minimum atomic E-state index is -4.38. The monoisotopic (exact) mass is 302 g/mol. The highest BCUT2D eigenvalue weighted by molar-refractivity contribution is 8.02. The Morgan fingerprint density at radius 3 is 2.60 bits per heavy atom. The van der Waals surface area contributed by atoms with Crippen LogP contribution in [0.5, 0.6) is 0 Å². The number of aryl methyl sites for hydroxylation is 1. The molecule has 1 aromatic carbocycles. The Bertz CT molecular complexity index is 569. The van der Waals surface area contributed by atoms with E-state index in [2.05, 4.69) is 5.32 Å². The summed E-state index contributed by atoms with van der Waals surface area (Å²) in [6.07, 6.45) is -4.38. The van der Waals surface area contributed by atoms with Gasteiger partial charge in [0.1, 0.15) is 5.70 Å². The van der Waals surface area contributed by atoms with Crippen molar-refractivity contribution in [1.82, 2.24) is 4.90 Å². The lowest BCUT2D eigenvalue weighted by molar-refractivity contribution is -0.138. The number of carbonyl (C=O) groups is 1. The molecule has 0 bridgehead atoms. The van der Waals surface area contributed by atoms with Gasteiger partial charge in [0, 0.05) is 18.1 Å². The molecule has 0 spiro atoms. The smallest absolute Gasteiger partial charge is 0.360 e. The number of likely N-dealkylation sites (N-methyl/N-ethyl adjacent to an activating group) is 1. The highest BCUT2D eigenvalue weighted by Gasteiger charge is 2.32. The second kappa shape index (κ2) is 5.40. The summed E-state index contributed by atoms with van der Waals surface area (Å²) in [6.45, 7) is 1.37. The number of carbonyl (C=O) groups excluding carboxylic acids is 1. The van der Waals surface area contributed by atoms with E-state index in [0.29, 0.717) is 17.3 Å². The van der Waals surface area contributed by atoms with Crippen molar-refractivity contribution in [3.8, 4) is 0 Å². The van der Waals surface area contributed by atoms with Crippen LogP contribution in [0.15, 0.2) is 29.3 Å². The van der Waals surface area contributed by atoms with Crippen molar-refractivity contribution in [1.29, 1.82) is 0 Å². The van der Waals surface area contributed by atoms with Crippen molar-refractivity contribution in [2.45, 2.75) is 13.1 Å². The lowest BCUT2D eigenvalue weighted by Gasteiger charge is -2.16. The van der Waals surface area contributed by atoms with Crippen LogP contribution in [-0.4, -0.2) is 23.7 Å². The number of nitrogens with one attached hydrogen (secondary N) is 1. The Labute approximate surface area is 118 Å². The first-order valence-electron chi connectivity index (χ1n) is 5.81. The largest absolute Gasteiger partial charge is 0.416 e. The fraction of sp³-hybridized carbons (Fsp3) is 0.308. The maximum atomic E-state index is 12.6. The first kappa shape index (κ1) is 14.8. The molecule has 2 rings (SSSR count). The molecule has 1 aromatic rings. The average Bonchev–Trinajstić information content (AvgIpc) is 2.73. The predicted molar refractivity (Wildman–Crippen MR) is 73.1 cm³/mol. The SMILES string of the molecule is Cc1cc(NC(=O)C2=CSCN2C)ccc1C(F)(F)F. The van der Waals surface area contributed by atoms with E-state index in [1.165, 1.54) is 30.8 Å². The van der Waals surface area contributed by atoms with Crippen LogP contribution in [0.4, 0.5) is 18.9 Å². The lowest BCUT2D eigenvalue weighted by atomic mass is 10.1. The molecule has 0 fully saturated rings. The molecule has 0 radical (unpaired) electrons. The van der Waals surface area contributed by atoms with Gasteiger partial charge in [0.15, 0.2) is 0 Å². The van der Waals surface area contributed by atoms with Crippen molar-refractivity contribution < 1.29 is 18.0 Å². The second-order valence-corrected chi connectivity index (χ2v) is 5.31. The summed E-state index contributed by atoms with van der Waals surface area (Å²) in [5, 5.41) is 4.33. The Morgan fingerprint density at radius 2 is 2.10 bits per heavy atom. The average molecular weight is 302 g/mol. The van der Waals surface area contributed by atoms with E-state index in [9.17, 15) is 18.0 Å². The topological polar surface area (TPSA) is 32.3 Å². The quantitative estimate of drug-likeness (QED) is 0.908. The van der Waals surface area contributed by atoms with Crippen molar-refractivity contribution in [2.75, 3.05) is 18.2 Å². The van der Waals surface area contributed by atoms with Gasteiger partial charge in [-0.25, -0.2) is 0 Å². The Kier molecular flexibility index (Phi) is 3.99. The summed E-state index contributed by atoms with van der Waals surface area (Å²) in [4.78, 5) is 13.7. The van der Waals surface area contributed by atoms with E-state index >= 15 is 0 Å². The minimum absolute atomic E-state index is 0.0819. The molecule has 0 unspecified atom stereocenters. The molecule has 108 valence electrons. The van der Waals surface area contributed by atoms with E-state index in [4.69, 9.17) is 0 Å². The standard InChI is InChI=1S/C13H13F3N2OS/c1-8-5-9(3-4-10(8)13(14,15)16)17-12(19)11-6-20-7-18(11)2/h3-6H,7H2,1-2H3,(H,17,19). The molecule has 1 aliphatic rings. The fourth-order valence-corrected chi connectivity index (χ4v) is 2.75. The Balaban J connectivity index is 2.15. The molecular formula is C13H13F3N2OS. The summed E-state index contributed by atoms with van der Waals surface area (Å²) >= 11 is 1.49. The van der Waals surface area contributed by atoms with Gasteiger partial charge in [-0.1, -0.05) is 0 Å². The second-order valence-electron chi connectivity index (χ2n) is 4.48.